The number of alkyl halides is 3. The highest BCUT2D eigenvalue weighted by atomic mass is 32.2. The van der Waals surface area contributed by atoms with Gasteiger partial charge in [-0.15, -0.1) is 0 Å². The number of nitrogens with one attached hydrogen (secondary N) is 2. The standard InChI is InChI=1S/C19H18F3N7O5S/c1-29(35(32)33)16-13(23-5-6-24-16)9-25-15-11(19(20,21)22)8-26-18(28-15)27-12-4-3-10(17(30)31)7-14(12)34-2/h3-8,35H,9H2,1-2H3,(H,30,31)(H2,25,26,27,28). The minimum absolute atomic E-state index is 0.0568. The molecule has 0 amide bonds. The van der Waals surface area contributed by atoms with Gasteiger partial charge in [-0.3, -0.25) is 9.29 Å². The SMILES string of the molecule is COc1cc(C(=O)O)ccc1Nc1ncc(C(F)(F)F)c(NCc2nccnc2N(C)[SH](=O)=O)n1. The van der Waals surface area contributed by atoms with Crippen molar-refractivity contribution in [1.82, 2.24) is 19.9 Å². The van der Waals surface area contributed by atoms with Crippen molar-refractivity contribution in [3.63, 3.8) is 0 Å². The van der Waals surface area contributed by atoms with Crippen molar-refractivity contribution in [3.8, 4) is 5.75 Å². The number of anilines is 4. The molecule has 0 aliphatic carbocycles. The maximum absolute atomic E-state index is 13.6. The van der Waals surface area contributed by atoms with E-state index in [-0.39, 0.29) is 41.0 Å². The molecule has 0 spiro atoms. The van der Waals surface area contributed by atoms with E-state index in [9.17, 15) is 26.4 Å². The Balaban J connectivity index is 1.94. The summed E-state index contributed by atoms with van der Waals surface area (Å²) in [6, 6.07) is 3.84. The van der Waals surface area contributed by atoms with E-state index in [4.69, 9.17) is 9.84 Å². The van der Waals surface area contributed by atoms with E-state index in [1.54, 1.807) is 0 Å². The van der Waals surface area contributed by atoms with Crippen LogP contribution in [0.4, 0.5) is 36.4 Å². The van der Waals surface area contributed by atoms with Crippen molar-refractivity contribution in [2.24, 2.45) is 0 Å². The Labute approximate surface area is 197 Å². The first-order chi connectivity index (χ1) is 16.5. The van der Waals surface area contributed by atoms with Crippen LogP contribution in [-0.4, -0.2) is 53.6 Å². The molecular weight excluding hydrogens is 495 g/mol. The van der Waals surface area contributed by atoms with Crippen molar-refractivity contribution >= 4 is 40.1 Å². The molecule has 0 atom stereocenters. The molecule has 0 aliphatic rings. The van der Waals surface area contributed by atoms with Gasteiger partial charge in [0.05, 0.1) is 24.9 Å². The molecule has 35 heavy (non-hydrogen) atoms. The van der Waals surface area contributed by atoms with Gasteiger partial charge in [0, 0.05) is 25.6 Å². The number of halogens is 3. The highest BCUT2D eigenvalue weighted by molar-refractivity contribution is 7.74. The maximum atomic E-state index is 13.6. The van der Waals surface area contributed by atoms with Crippen LogP contribution in [0.15, 0.2) is 36.8 Å². The largest absolute Gasteiger partial charge is 0.495 e. The second kappa shape index (κ2) is 10.4. The number of hydrogen-bond acceptors (Lipinski definition) is 10. The van der Waals surface area contributed by atoms with Crippen LogP contribution >= 0.6 is 0 Å². The summed E-state index contributed by atoms with van der Waals surface area (Å²) in [6.07, 6.45) is -1.74. The topological polar surface area (TPSA) is 160 Å². The molecule has 0 aliphatic heterocycles. The molecule has 3 aromatic rings. The van der Waals surface area contributed by atoms with Crippen LogP contribution in [0.3, 0.4) is 0 Å². The predicted octanol–water partition coefficient (Wildman–Crippen LogP) is 2.31. The van der Waals surface area contributed by atoms with E-state index < -0.39 is 34.4 Å². The molecule has 0 radical (unpaired) electrons. The number of carboxylic acid groups (broad SMARTS) is 1. The smallest absolute Gasteiger partial charge is 0.421 e. The monoisotopic (exact) mass is 513 g/mol. The maximum Gasteiger partial charge on any atom is 0.421 e. The Bertz CT molecular complexity index is 1310. The van der Waals surface area contributed by atoms with Crippen molar-refractivity contribution in [2.75, 3.05) is 29.1 Å². The lowest BCUT2D eigenvalue weighted by atomic mass is 10.2. The first kappa shape index (κ1) is 25.4. The van der Waals surface area contributed by atoms with E-state index in [1.807, 2.05) is 0 Å². The van der Waals surface area contributed by atoms with Gasteiger partial charge < -0.3 is 20.5 Å². The Hall–Kier alpha value is -4.21. The molecule has 16 heteroatoms. The number of carbonyl (C=O) groups is 1. The quantitative estimate of drug-likeness (QED) is 0.311. The zero-order chi connectivity index (χ0) is 25.8. The van der Waals surface area contributed by atoms with Crippen LogP contribution in [0, 0.1) is 0 Å². The van der Waals surface area contributed by atoms with Crippen molar-refractivity contribution in [3.05, 3.63) is 53.6 Å². The van der Waals surface area contributed by atoms with Gasteiger partial charge >= 0.3 is 12.1 Å². The van der Waals surface area contributed by atoms with Gasteiger partial charge in [-0.05, 0) is 18.2 Å². The van der Waals surface area contributed by atoms with Gasteiger partial charge in [-0.25, -0.2) is 23.2 Å². The average molecular weight is 513 g/mol. The van der Waals surface area contributed by atoms with Gasteiger partial charge in [0.1, 0.15) is 22.8 Å². The summed E-state index contributed by atoms with van der Waals surface area (Å²) in [5.41, 5.74) is -0.973. The molecule has 2 heterocycles. The fourth-order valence-electron chi connectivity index (χ4n) is 2.83. The van der Waals surface area contributed by atoms with E-state index in [2.05, 4.69) is 30.6 Å². The lowest BCUT2D eigenvalue weighted by molar-refractivity contribution is -0.137. The Morgan fingerprint density at radius 1 is 1.20 bits per heavy atom. The van der Waals surface area contributed by atoms with Crippen LogP contribution < -0.4 is 19.7 Å². The number of ether oxygens (including phenoxy) is 1. The minimum atomic E-state index is -4.80. The summed E-state index contributed by atoms with van der Waals surface area (Å²) in [5, 5.41) is 14.3. The number of methoxy groups -OCH3 is 1. The first-order valence-corrected chi connectivity index (χ1v) is 10.7. The molecule has 1 aromatic carbocycles. The van der Waals surface area contributed by atoms with Gasteiger partial charge in [0.15, 0.2) is 5.82 Å². The predicted molar refractivity (Wildman–Crippen MR) is 118 cm³/mol. The number of carboxylic acids is 1. The summed E-state index contributed by atoms with van der Waals surface area (Å²) in [6.45, 7) is -0.340. The molecule has 0 saturated heterocycles. The summed E-state index contributed by atoms with van der Waals surface area (Å²) < 4.78 is 69.2. The first-order valence-electron chi connectivity index (χ1n) is 9.55. The normalized spacial score (nSPS) is 11.3. The molecule has 0 fully saturated rings. The summed E-state index contributed by atoms with van der Waals surface area (Å²) in [7, 11) is -0.542. The number of aromatic carboxylic acids is 1. The number of nitrogens with zero attached hydrogens (tertiary/aromatic N) is 5. The zero-order valence-electron chi connectivity index (χ0n) is 18.1. The third-order valence-electron chi connectivity index (χ3n) is 4.52. The highest BCUT2D eigenvalue weighted by Gasteiger charge is 2.35. The van der Waals surface area contributed by atoms with E-state index in [0.29, 0.717) is 6.20 Å². The summed E-state index contributed by atoms with van der Waals surface area (Å²) in [5.74, 6) is -2.02. The number of hydrogen-bond donors (Lipinski definition) is 4. The molecule has 12 nitrogen and oxygen atoms in total. The average Bonchev–Trinajstić information content (AvgIpc) is 2.81. The molecule has 0 saturated carbocycles. The molecule has 186 valence electrons. The van der Waals surface area contributed by atoms with E-state index in [0.717, 1.165) is 4.31 Å². The number of aromatic nitrogens is 4. The summed E-state index contributed by atoms with van der Waals surface area (Å²) in [4.78, 5) is 26.6. The second-order valence-electron chi connectivity index (χ2n) is 6.74. The van der Waals surface area contributed by atoms with Gasteiger partial charge in [-0.1, -0.05) is 0 Å². The molecule has 0 unspecified atom stereocenters. The minimum Gasteiger partial charge on any atom is -0.495 e. The second-order valence-corrected chi connectivity index (χ2v) is 7.82. The van der Waals surface area contributed by atoms with Crippen molar-refractivity contribution in [2.45, 2.75) is 12.7 Å². The number of rotatable bonds is 9. The molecule has 3 N–H and O–H groups in total. The lowest BCUT2D eigenvalue weighted by Crippen LogP contribution is -2.20. The van der Waals surface area contributed by atoms with Gasteiger partial charge in [0.25, 0.3) is 0 Å². The van der Waals surface area contributed by atoms with E-state index >= 15 is 0 Å². The Kier molecular flexibility index (Phi) is 7.53. The molecule has 3 rings (SSSR count). The van der Waals surface area contributed by atoms with Crippen LogP contribution in [0.5, 0.6) is 5.75 Å². The highest BCUT2D eigenvalue weighted by Crippen LogP contribution is 2.35. The molecule has 2 aromatic heterocycles. The Morgan fingerprint density at radius 3 is 2.54 bits per heavy atom. The van der Waals surface area contributed by atoms with Gasteiger partial charge in [-0.2, -0.15) is 18.2 Å². The third-order valence-corrected chi connectivity index (χ3v) is 5.20. The molecule has 0 bridgehead atoms. The fraction of sp³-hybridized carbons (Fsp3) is 0.211. The van der Waals surface area contributed by atoms with Crippen molar-refractivity contribution < 1.29 is 36.2 Å². The summed E-state index contributed by atoms with van der Waals surface area (Å²) >= 11 is 0. The van der Waals surface area contributed by atoms with Crippen LogP contribution in [0.1, 0.15) is 21.6 Å². The molecular formula is C19H18F3N7O5S. The van der Waals surface area contributed by atoms with Gasteiger partial charge in [0.2, 0.25) is 16.8 Å². The zero-order valence-corrected chi connectivity index (χ0v) is 19.0. The fourth-order valence-corrected chi connectivity index (χ4v) is 3.15. The van der Waals surface area contributed by atoms with Crippen LogP contribution in [-0.2, 0) is 23.6 Å². The lowest BCUT2D eigenvalue weighted by Gasteiger charge is -2.17. The van der Waals surface area contributed by atoms with Crippen LogP contribution in [0.25, 0.3) is 0 Å². The van der Waals surface area contributed by atoms with Crippen molar-refractivity contribution in [1.29, 1.82) is 0 Å². The number of thiol groups is 1. The Morgan fingerprint density at radius 2 is 1.91 bits per heavy atom. The third kappa shape index (κ3) is 6.03. The number of benzene rings is 1. The van der Waals surface area contributed by atoms with E-state index in [1.165, 1.54) is 44.8 Å². The van der Waals surface area contributed by atoms with Crippen LogP contribution in [0.2, 0.25) is 0 Å².